The van der Waals surface area contributed by atoms with Crippen molar-refractivity contribution in [2.75, 3.05) is 10.5 Å². The maximum Gasteiger partial charge on any atom is 0.316 e. The third-order valence-electron chi connectivity index (χ3n) is 5.29. The lowest BCUT2D eigenvalue weighted by Gasteiger charge is -2.15. The number of nitrogens with two attached hydrogens (primary N) is 1. The van der Waals surface area contributed by atoms with Crippen molar-refractivity contribution in [3.63, 3.8) is 0 Å². The summed E-state index contributed by atoms with van der Waals surface area (Å²) in [5.41, 5.74) is 3.58. The Hall–Kier alpha value is -4.04. The second kappa shape index (κ2) is 9.44. The predicted molar refractivity (Wildman–Crippen MR) is 131 cm³/mol. The molecule has 9 nitrogen and oxygen atoms in total. The van der Waals surface area contributed by atoms with Crippen molar-refractivity contribution in [3.05, 3.63) is 71.1 Å². The van der Waals surface area contributed by atoms with E-state index in [1.54, 1.807) is 0 Å². The van der Waals surface area contributed by atoms with Crippen LogP contribution < -0.4 is 10.5 Å². The van der Waals surface area contributed by atoms with Gasteiger partial charge < -0.3 is 10.8 Å². The van der Waals surface area contributed by atoms with Gasteiger partial charge in [0.05, 0.1) is 22.0 Å². The van der Waals surface area contributed by atoms with Gasteiger partial charge in [-0.25, -0.2) is 36.5 Å². The van der Waals surface area contributed by atoms with Crippen LogP contribution in [0.15, 0.2) is 53.6 Å². The molecule has 0 fully saturated rings. The van der Waals surface area contributed by atoms with Crippen molar-refractivity contribution in [2.24, 2.45) is 0 Å². The number of nitrogen functional groups attached to an aromatic ring is 1. The van der Waals surface area contributed by atoms with Crippen LogP contribution in [0.2, 0.25) is 0 Å². The summed E-state index contributed by atoms with van der Waals surface area (Å²) in [6.07, 6.45) is 1.35. The van der Waals surface area contributed by atoms with Crippen LogP contribution in [0.25, 0.3) is 21.8 Å². The van der Waals surface area contributed by atoms with E-state index in [0.717, 1.165) is 35.6 Å². The second-order valence-electron chi connectivity index (χ2n) is 8.25. The minimum absolute atomic E-state index is 0.0388. The number of aliphatic carboxylic acids is 1. The minimum atomic E-state index is -4.87. The lowest BCUT2D eigenvalue weighted by molar-refractivity contribution is -0.142. The molecule has 4 N–H and O–H groups in total. The van der Waals surface area contributed by atoms with Crippen LogP contribution in [-0.4, -0.2) is 34.4 Å². The molecule has 2 aromatic carbocycles. The van der Waals surface area contributed by atoms with Crippen molar-refractivity contribution in [3.8, 4) is 21.8 Å². The molecule has 4 aromatic rings. The molecule has 0 unspecified atom stereocenters. The van der Waals surface area contributed by atoms with Gasteiger partial charge in [0.2, 0.25) is 5.95 Å². The van der Waals surface area contributed by atoms with Gasteiger partial charge in [-0.05, 0) is 44.2 Å². The number of halogens is 3. The molecule has 2 heterocycles. The zero-order chi connectivity index (χ0) is 27.1. The summed E-state index contributed by atoms with van der Waals surface area (Å²) in [4.78, 5) is 23.1. The van der Waals surface area contributed by atoms with E-state index < -0.39 is 49.4 Å². The first-order valence-corrected chi connectivity index (χ1v) is 12.7. The molecular weight excluding hydrogens is 531 g/mol. The monoisotopic (exact) mass is 549 g/mol. The summed E-state index contributed by atoms with van der Waals surface area (Å²) in [6, 6.07) is 7.62. The van der Waals surface area contributed by atoms with E-state index in [4.69, 9.17) is 5.73 Å². The summed E-state index contributed by atoms with van der Waals surface area (Å²) in [7, 11) is -4.87. The average molecular weight is 550 g/mol. The highest BCUT2D eigenvalue weighted by molar-refractivity contribution is 7.92. The number of carbonyl (C=O) groups is 1. The number of nitrogens with zero attached hydrogens (tertiary/aromatic N) is 3. The number of hydrogen-bond donors (Lipinski definition) is 3. The normalized spacial score (nSPS) is 11.9. The molecule has 0 spiro atoms. The largest absolute Gasteiger partial charge is 0.481 e. The van der Waals surface area contributed by atoms with Gasteiger partial charge in [-0.2, -0.15) is 0 Å². The Morgan fingerprint density at radius 1 is 1.05 bits per heavy atom. The van der Waals surface area contributed by atoms with E-state index in [2.05, 4.69) is 15.0 Å². The third kappa shape index (κ3) is 4.84. The molecule has 0 aliphatic carbocycles. The molecule has 0 aliphatic heterocycles. The van der Waals surface area contributed by atoms with Crippen molar-refractivity contribution < 1.29 is 31.5 Å². The Bertz CT molecular complexity index is 1620. The van der Waals surface area contributed by atoms with E-state index in [0.29, 0.717) is 0 Å². The van der Waals surface area contributed by atoms with E-state index in [1.807, 2.05) is 4.72 Å². The van der Waals surface area contributed by atoms with Gasteiger partial charge in [-0.15, -0.1) is 11.3 Å². The van der Waals surface area contributed by atoms with Gasteiger partial charge in [-0.1, -0.05) is 12.1 Å². The highest BCUT2D eigenvalue weighted by Gasteiger charge is 2.35. The predicted octanol–water partition coefficient (Wildman–Crippen LogP) is 4.43. The Kier molecular flexibility index (Phi) is 6.64. The number of anilines is 2. The quantitative estimate of drug-likeness (QED) is 0.307. The number of sulfonamides is 1. The van der Waals surface area contributed by atoms with E-state index in [-0.39, 0.29) is 32.8 Å². The average Bonchev–Trinajstić information content (AvgIpc) is 3.26. The Morgan fingerprint density at radius 3 is 2.32 bits per heavy atom. The maximum atomic E-state index is 15.7. The van der Waals surface area contributed by atoms with Crippen molar-refractivity contribution >= 4 is 39.0 Å². The molecule has 4 rings (SSSR count). The number of aromatic nitrogens is 3. The van der Waals surface area contributed by atoms with Crippen LogP contribution in [-0.2, 0) is 20.2 Å². The second-order valence-corrected chi connectivity index (χ2v) is 10.9. The minimum Gasteiger partial charge on any atom is -0.481 e. The fourth-order valence-corrected chi connectivity index (χ4v) is 5.61. The Labute approximate surface area is 212 Å². The summed E-state index contributed by atoms with van der Waals surface area (Å²) >= 11 is 0.938. The molecule has 0 saturated carbocycles. The van der Waals surface area contributed by atoms with Gasteiger partial charge in [0.1, 0.15) is 22.1 Å². The van der Waals surface area contributed by atoms with Crippen LogP contribution in [0.1, 0.15) is 18.9 Å². The number of carboxylic acid groups (broad SMARTS) is 1. The fraction of sp³-hybridized carbons (Fsp3) is 0.130. The number of benzene rings is 2. The zero-order valence-corrected chi connectivity index (χ0v) is 20.8. The van der Waals surface area contributed by atoms with Crippen LogP contribution >= 0.6 is 11.3 Å². The number of hydrogen-bond acceptors (Lipinski definition) is 8. The van der Waals surface area contributed by atoms with Gasteiger partial charge in [0.15, 0.2) is 10.7 Å². The molecule has 0 bridgehead atoms. The number of rotatable bonds is 7. The number of nitrogens with one attached hydrogen (secondary N) is 1. The first-order chi connectivity index (χ1) is 17.3. The number of thiazole rings is 1. The van der Waals surface area contributed by atoms with Gasteiger partial charge in [-0.3, -0.25) is 9.52 Å². The van der Waals surface area contributed by atoms with Gasteiger partial charge >= 0.3 is 5.97 Å². The summed E-state index contributed by atoms with van der Waals surface area (Å²) < 4.78 is 71.2. The topological polar surface area (TPSA) is 148 Å². The van der Waals surface area contributed by atoms with Crippen LogP contribution in [0.5, 0.6) is 0 Å². The SMILES string of the molecule is CC(C)(C(=O)O)c1nc(-c2cccc(NS(=O)(=O)c3c(F)cccc3F)c2F)c(-c2ccnc(N)n2)s1. The number of carboxylic acids is 1. The molecule has 14 heteroatoms. The molecule has 0 amide bonds. The van der Waals surface area contributed by atoms with Crippen LogP contribution in [0.4, 0.5) is 24.8 Å². The van der Waals surface area contributed by atoms with Crippen LogP contribution in [0.3, 0.4) is 0 Å². The molecule has 2 aromatic heterocycles. The molecule has 0 atom stereocenters. The first kappa shape index (κ1) is 26.0. The lowest BCUT2D eigenvalue weighted by Crippen LogP contribution is -2.28. The maximum absolute atomic E-state index is 15.7. The molecule has 0 radical (unpaired) electrons. The molecule has 0 saturated heterocycles. The molecular formula is C23H18F3N5O4S2. The standard InChI is InChI=1S/C23H18F3N5O4S2/c1-23(2,21(32)33)20-30-17(18(36-20)15-9-10-28-22(27)29-15)11-5-3-8-14(16(11)26)31-37(34,35)19-12(24)6-4-7-13(19)25/h3-10,31H,1-2H3,(H,32,33)(H2,27,28,29). The van der Waals surface area contributed by atoms with Crippen molar-refractivity contribution in [1.82, 2.24) is 15.0 Å². The highest BCUT2D eigenvalue weighted by Crippen LogP contribution is 2.42. The van der Waals surface area contributed by atoms with Crippen molar-refractivity contribution in [1.29, 1.82) is 0 Å². The fourth-order valence-electron chi connectivity index (χ4n) is 3.26. The molecule has 192 valence electrons. The lowest BCUT2D eigenvalue weighted by atomic mass is 9.95. The van der Waals surface area contributed by atoms with E-state index in [9.17, 15) is 27.1 Å². The van der Waals surface area contributed by atoms with E-state index in [1.165, 1.54) is 38.2 Å². The van der Waals surface area contributed by atoms with Crippen molar-refractivity contribution in [2.45, 2.75) is 24.2 Å². The Morgan fingerprint density at radius 2 is 1.70 bits per heavy atom. The molecule has 37 heavy (non-hydrogen) atoms. The summed E-state index contributed by atoms with van der Waals surface area (Å²) in [6.45, 7) is 2.83. The van der Waals surface area contributed by atoms with E-state index >= 15 is 4.39 Å². The van der Waals surface area contributed by atoms with Gasteiger partial charge in [0.25, 0.3) is 10.0 Å². The summed E-state index contributed by atoms with van der Waals surface area (Å²) in [5.74, 6) is -5.10. The first-order valence-electron chi connectivity index (χ1n) is 10.4. The van der Waals surface area contributed by atoms with Crippen LogP contribution in [0, 0.1) is 17.5 Å². The van der Waals surface area contributed by atoms with Gasteiger partial charge in [0, 0.05) is 11.8 Å². The Balaban J connectivity index is 1.88. The highest BCUT2D eigenvalue weighted by atomic mass is 32.2. The summed E-state index contributed by atoms with van der Waals surface area (Å²) in [5, 5.41) is 9.78. The molecule has 0 aliphatic rings. The smallest absolute Gasteiger partial charge is 0.316 e. The zero-order valence-electron chi connectivity index (χ0n) is 19.2. The third-order valence-corrected chi connectivity index (χ3v) is 8.11.